The summed E-state index contributed by atoms with van der Waals surface area (Å²) < 4.78 is 6.20. The molecule has 1 unspecified atom stereocenters. The van der Waals surface area contributed by atoms with Crippen LogP contribution in [0.5, 0.6) is 5.75 Å². The molecule has 0 aliphatic heterocycles. The zero-order valence-electron chi connectivity index (χ0n) is 10.4. The lowest BCUT2D eigenvalue weighted by Gasteiger charge is -2.19. The number of halogens is 1. The largest absolute Gasteiger partial charge is 0.496 e. The quantitative estimate of drug-likeness (QED) is 0.848. The van der Waals surface area contributed by atoms with Gasteiger partial charge < -0.3 is 16.2 Å². The molecule has 4 heteroatoms. The van der Waals surface area contributed by atoms with Crippen molar-refractivity contribution in [3.63, 3.8) is 0 Å². The Balaban J connectivity index is 2.75. The van der Waals surface area contributed by atoms with Crippen LogP contribution in [0.4, 0.5) is 0 Å². The highest BCUT2D eigenvalue weighted by Gasteiger charge is 2.13. The third-order valence-corrected chi connectivity index (χ3v) is 3.72. The maximum Gasteiger partial charge on any atom is 0.133 e. The molecule has 17 heavy (non-hydrogen) atoms. The summed E-state index contributed by atoms with van der Waals surface area (Å²) in [6, 6.07) is 6.18. The number of benzene rings is 1. The predicted molar refractivity (Wildman–Crippen MR) is 75.3 cm³/mol. The summed E-state index contributed by atoms with van der Waals surface area (Å²) in [6.45, 7) is 3.50. The molecule has 3 nitrogen and oxygen atoms in total. The van der Waals surface area contributed by atoms with Crippen molar-refractivity contribution in [3.8, 4) is 5.75 Å². The number of hydrogen-bond acceptors (Lipinski definition) is 3. The topological polar surface area (TPSA) is 61.3 Å². The van der Waals surface area contributed by atoms with E-state index in [0.717, 1.165) is 16.6 Å². The smallest absolute Gasteiger partial charge is 0.133 e. The van der Waals surface area contributed by atoms with Gasteiger partial charge in [0.05, 0.1) is 11.6 Å². The first-order chi connectivity index (χ1) is 8.12. The van der Waals surface area contributed by atoms with Crippen LogP contribution in [0.2, 0.25) is 0 Å². The van der Waals surface area contributed by atoms with Crippen LogP contribution >= 0.6 is 15.9 Å². The molecule has 1 atom stereocenters. The van der Waals surface area contributed by atoms with Gasteiger partial charge >= 0.3 is 0 Å². The lowest BCUT2D eigenvalue weighted by Crippen LogP contribution is -2.24. The van der Waals surface area contributed by atoms with Gasteiger partial charge in [0, 0.05) is 0 Å². The minimum atomic E-state index is 0.394. The van der Waals surface area contributed by atoms with Gasteiger partial charge in [0.1, 0.15) is 5.75 Å². The van der Waals surface area contributed by atoms with E-state index in [1.807, 2.05) is 6.07 Å². The summed E-state index contributed by atoms with van der Waals surface area (Å²) in [5.74, 6) is 1.70. The van der Waals surface area contributed by atoms with E-state index in [2.05, 4.69) is 35.0 Å². The lowest BCUT2D eigenvalue weighted by atomic mass is 9.90. The Morgan fingerprint density at radius 1 is 1.29 bits per heavy atom. The van der Waals surface area contributed by atoms with Gasteiger partial charge in [-0.3, -0.25) is 0 Å². The van der Waals surface area contributed by atoms with E-state index in [1.54, 1.807) is 7.11 Å². The highest BCUT2D eigenvalue weighted by atomic mass is 79.9. The first-order valence-corrected chi connectivity index (χ1v) is 6.65. The van der Waals surface area contributed by atoms with E-state index in [-0.39, 0.29) is 0 Å². The molecule has 96 valence electrons. The molecule has 0 spiro atoms. The molecule has 1 rings (SSSR count). The minimum absolute atomic E-state index is 0.394. The number of rotatable bonds is 6. The van der Waals surface area contributed by atoms with Gasteiger partial charge in [0.15, 0.2) is 0 Å². The fourth-order valence-corrected chi connectivity index (χ4v) is 2.47. The van der Waals surface area contributed by atoms with E-state index >= 15 is 0 Å². The lowest BCUT2D eigenvalue weighted by molar-refractivity contribution is 0.411. The van der Waals surface area contributed by atoms with Crippen LogP contribution in [0.15, 0.2) is 22.7 Å². The van der Waals surface area contributed by atoms with Crippen LogP contribution in [0.3, 0.4) is 0 Å². The predicted octanol–water partition coefficient (Wildman–Crippen LogP) is 2.48. The molecule has 1 aromatic carbocycles. The van der Waals surface area contributed by atoms with Gasteiger partial charge in [-0.05, 0) is 65.0 Å². The molecule has 4 N–H and O–H groups in total. The molecule has 0 saturated carbocycles. The fraction of sp³-hybridized carbons (Fsp3) is 0.538. The third-order valence-electron chi connectivity index (χ3n) is 3.10. The van der Waals surface area contributed by atoms with Gasteiger partial charge in [-0.15, -0.1) is 0 Å². The number of methoxy groups -OCH3 is 1. The molecular weight excluding hydrogens is 280 g/mol. The summed E-state index contributed by atoms with van der Waals surface area (Å²) in [7, 11) is 1.67. The first kappa shape index (κ1) is 14.5. The Kier molecular flexibility index (Phi) is 5.95. The average Bonchev–Trinajstić information content (AvgIpc) is 2.35. The molecule has 0 aromatic heterocycles. The van der Waals surface area contributed by atoms with Crippen molar-refractivity contribution in [1.82, 2.24) is 0 Å². The summed E-state index contributed by atoms with van der Waals surface area (Å²) in [5.41, 5.74) is 12.6. The highest BCUT2D eigenvalue weighted by molar-refractivity contribution is 9.10. The van der Waals surface area contributed by atoms with Gasteiger partial charge in [-0.2, -0.15) is 0 Å². The second kappa shape index (κ2) is 6.99. The normalized spacial score (nSPS) is 12.8. The van der Waals surface area contributed by atoms with Crippen molar-refractivity contribution in [2.24, 2.45) is 17.4 Å². The van der Waals surface area contributed by atoms with E-state index in [0.29, 0.717) is 24.9 Å². The van der Waals surface area contributed by atoms with E-state index in [4.69, 9.17) is 16.2 Å². The summed E-state index contributed by atoms with van der Waals surface area (Å²) >= 11 is 3.50. The van der Waals surface area contributed by atoms with Crippen LogP contribution < -0.4 is 16.2 Å². The zero-order valence-corrected chi connectivity index (χ0v) is 12.0. The van der Waals surface area contributed by atoms with Crippen molar-refractivity contribution >= 4 is 15.9 Å². The third kappa shape index (κ3) is 3.98. The van der Waals surface area contributed by atoms with Crippen LogP contribution in [0.25, 0.3) is 0 Å². The van der Waals surface area contributed by atoms with E-state index < -0.39 is 0 Å². The van der Waals surface area contributed by atoms with Crippen molar-refractivity contribution in [3.05, 3.63) is 28.2 Å². The van der Waals surface area contributed by atoms with Gasteiger partial charge in [-0.1, -0.05) is 13.0 Å². The minimum Gasteiger partial charge on any atom is -0.496 e. The number of nitrogens with two attached hydrogens (primary N) is 2. The van der Waals surface area contributed by atoms with Crippen molar-refractivity contribution in [1.29, 1.82) is 0 Å². The van der Waals surface area contributed by atoms with Crippen molar-refractivity contribution in [2.45, 2.75) is 19.3 Å². The standard InChI is InChI=1S/C13H21BrN2O/c1-9(5-10(7-15)8-16)11-3-4-13(17-2)12(14)6-11/h3-4,6,9-10H,5,7-8,15-16H2,1-2H3. The molecule has 0 aliphatic rings. The Morgan fingerprint density at radius 2 is 1.94 bits per heavy atom. The van der Waals surface area contributed by atoms with Crippen LogP contribution in [0, 0.1) is 5.92 Å². The maximum absolute atomic E-state index is 5.68. The average molecular weight is 301 g/mol. The molecule has 1 aromatic rings. The SMILES string of the molecule is COc1ccc(C(C)CC(CN)CN)cc1Br. The number of ether oxygens (including phenoxy) is 1. The number of hydrogen-bond donors (Lipinski definition) is 2. The van der Waals surface area contributed by atoms with Crippen LogP contribution in [-0.4, -0.2) is 20.2 Å². The summed E-state index contributed by atoms with van der Waals surface area (Å²) in [6.07, 6.45) is 1.02. The molecule has 0 saturated heterocycles. The molecule has 0 heterocycles. The first-order valence-electron chi connectivity index (χ1n) is 5.85. The second-order valence-electron chi connectivity index (χ2n) is 4.37. The van der Waals surface area contributed by atoms with Crippen LogP contribution in [-0.2, 0) is 0 Å². The fourth-order valence-electron chi connectivity index (χ4n) is 1.91. The highest BCUT2D eigenvalue weighted by Crippen LogP contribution is 2.30. The Bertz CT molecular complexity index is 353. The zero-order chi connectivity index (χ0) is 12.8. The summed E-state index contributed by atoms with van der Waals surface area (Å²) in [4.78, 5) is 0. The molecule has 0 bridgehead atoms. The van der Waals surface area contributed by atoms with E-state index in [1.165, 1.54) is 5.56 Å². The second-order valence-corrected chi connectivity index (χ2v) is 5.22. The molecular formula is C13H21BrN2O. The Morgan fingerprint density at radius 3 is 2.41 bits per heavy atom. The molecule has 0 fully saturated rings. The van der Waals surface area contributed by atoms with Crippen molar-refractivity contribution < 1.29 is 4.74 Å². The van der Waals surface area contributed by atoms with E-state index in [9.17, 15) is 0 Å². The van der Waals surface area contributed by atoms with Crippen LogP contribution in [0.1, 0.15) is 24.8 Å². The maximum atomic E-state index is 5.68. The van der Waals surface area contributed by atoms with Gasteiger partial charge in [-0.25, -0.2) is 0 Å². The summed E-state index contributed by atoms with van der Waals surface area (Å²) in [5, 5.41) is 0. The molecule has 0 radical (unpaired) electrons. The van der Waals surface area contributed by atoms with Gasteiger partial charge in [0.25, 0.3) is 0 Å². The van der Waals surface area contributed by atoms with Gasteiger partial charge in [0.2, 0.25) is 0 Å². The molecule has 0 aliphatic carbocycles. The molecule has 0 amide bonds. The Labute approximate surface area is 112 Å². The van der Waals surface area contributed by atoms with Crippen molar-refractivity contribution in [2.75, 3.05) is 20.2 Å². The monoisotopic (exact) mass is 300 g/mol. The Hall–Kier alpha value is -0.580.